The second-order valence-electron chi connectivity index (χ2n) is 7.03. The van der Waals surface area contributed by atoms with Crippen LogP contribution in [0.1, 0.15) is 22.3 Å². The van der Waals surface area contributed by atoms with Crippen molar-refractivity contribution in [2.24, 2.45) is 0 Å². The summed E-state index contributed by atoms with van der Waals surface area (Å²) in [6, 6.07) is 11.5. The number of benzene rings is 2. The van der Waals surface area contributed by atoms with Crippen molar-refractivity contribution in [1.82, 2.24) is 9.97 Å². The van der Waals surface area contributed by atoms with Gasteiger partial charge in [-0.2, -0.15) is 0 Å². The molecule has 0 bridgehead atoms. The Bertz CT molecular complexity index is 1180. The van der Waals surface area contributed by atoms with E-state index in [4.69, 9.17) is 9.15 Å². The van der Waals surface area contributed by atoms with Crippen LogP contribution in [0, 0.1) is 20.8 Å². The monoisotopic (exact) mass is 387 g/mol. The molecule has 0 fully saturated rings. The summed E-state index contributed by atoms with van der Waals surface area (Å²) in [7, 11) is 0. The van der Waals surface area contributed by atoms with Crippen LogP contribution >= 0.6 is 0 Å². The molecule has 4 aromatic rings. The van der Waals surface area contributed by atoms with E-state index in [-0.39, 0.29) is 18.3 Å². The van der Waals surface area contributed by atoms with E-state index < -0.39 is 0 Å². The summed E-state index contributed by atoms with van der Waals surface area (Å²) >= 11 is 0. The van der Waals surface area contributed by atoms with Gasteiger partial charge in [0.2, 0.25) is 5.91 Å². The third-order valence-electron chi connectivity index (χ3n) is 4.84. The van der Waals surface area contributed by atoms with Crippen molar-refractivity contribution in [3.63, 3.8) is 0 Å². The van der Waals surface area contributed by atoms with Crippen LogP contribution < -0.4 is 10.1 Å². The number of amides is 1. The quantitative estimate of drug-likeness (QED) is 0.514. The number of aryl methyl sites for hydroxylation is 3. The van der Waals surface area contributed by atoms with Crippen molar-refractivity contribution in [1.29, 1.82) is 0 Å². The average Bonchev–Trinajstić information content (AvgIpc) is 3.06. The lowest BCUT2D eigenvalue weighted by Gasteiger charge is -2.10. The van der Waals surface area contributed by atoms with E-state index in [2.05, 4.69) is 28.3 Å². The molecule has 6 heteroatoms. The molecule has 0 aliphatic heterocycles. The summed E-state index contributed by atoms with van der Waals surface area (Å²) in [5.41, 5.74) is 5.64. The van der Waals surface area contributed by atoms with E-state index in [1.807, 2.05) is 32.0 Å². The van der Waals surface area contributed by atoms with Crippen LogP contribution in [-0.4, -0.2) is 15.9 Å². The Morgan fingerprint density at radius 2 is 1.79 bits per heavy atom. The van der Waals surface area contributed by atoms with Gasteiger partial charge in [0.25, 0.3) is 0 Å². The molecule has 0 unspecified atom stereocenters. The number of hydrogen-bond acceptors (Lipinski definition) is 5. The number of rotatable bonds is 5. The summed E-state index contributed by atoms with van der Waals surface area (Å²) in [5, 5.41) is 3.94. The molecule has 0 saturated carbocycles. The van der Waals surface area contributed by atoms with Crippen LogP contribution in [-0.2, 0) is 11.2 Å². The SMILES string of the molecule is Cc1cc2occ(CC(=O)Nc3ccc(Oc4ncccn4)cc3C)c2cc1C. The summed E-state index contributed by atoms with van der Waals surface area (Å²) in [5.74, 6) is 0.507. The van der Waals surface area contributed by atoms with Crippen molar-refractivity contribution in [3.05, 3.63) is 77.3 Å². The van der Waals surface area contributed by atoms with Crippen molar-refractivity contribution >= 4 is 22.6 Å². The number of hydrogen-bond donors (Lipinski definition) is 1. The van der Waals surface area contributed by atoms with E-state index in [1.54, 1.807) is 30.8 Å². The van der Waals surface area contributed by atoms with Crippen LogP contribution in [0.15, 0.2) is 59.5 Å². The minimum Gasteiger partial charge on any atom is -0.464 e. The predicted molar refractivity (Wildman–Crippen MR) is 111 cm³/mol. The third-order valence-corrected chi connectivity index (χ3v) is 4.84. The first kappa shape index (κ1) is 18.7. The second-order valence-corrected chi connectivity index (χ2v) is 7.03. The fourth-order valence-electron chi connectivity index (χ4n) is 3.12. The number of carbonyl (C=O) groups excluding carboxylic acids is 1. The normalized spacial score (nSPS) is 10.9. The van der Waals surface area contributed by atoms with Gasteiger partial charge in [0.05, 0.1) is 12.7 Å². The zero-order valence-corrected chi connectivity index (χ0v) is 16.5. The smallest absolute Gasteiger partial charge is 0.321 e. The van der Waals surface area contributed by atoms with Gasteiger partial charge in [0.1, 0.15) is 11.3 Å². The molecule has 0 aliphatic carbocycles. The lowest BCUT2D eigenvalue weighted by atomic mass is 10.0. The Kier molecular flexibility index (Phi) is 4.99. The van der Waals surface area contributed by atoms with E-state index in [9.17, 15) is 4.79 Å². The highest BCUT2D eigenvalue weighted by molar-refractivity contribution is 5.96. The third kappa shape index (κ3) is 4.11. The zero-order valence-electron chi connectivity index (χ0n) is 16.5. The first-order valence-electron chi connectivity index (χ1n) is 9.32. The fraction of sp³-hybridized carbons (Fsp3) is 0.174. The standard InChI is InChI=1S/C23H21N3O3/c1-14-10-19-17(13-28-21(19)11-15(14)2)12-22(27)26-20-6-5-18(9-16(20)3)29-23-24-7-4-8-25-23/h4-11,13H,12H2,1-3H3,(H,26,27). The maximum atomic E-state index is 12.6. The summed E-state index contributed by atoms with van der Waals surface area (Å²) in [4.78, 5) is 20.7. The number of nitrogens with one attached hydrogen (secondary N) is 1. The minimum atomic E-state index is -0.103. The van der Waals surface area contributed by atoms with Crippen LogP contribution in [0.3, 0.4) is 0 Å². The topological polar surface area (TPSA) is 77.2 Å². The molecule has 146 valence electrons. The van der Waals surface area contributed by atoms with Gasteiger partial charge in [-0.25, -0.2) is 9.97 Å². The van der Waals surface area contributed by atoms with E-state index in [0.29, 0.717) is 5.75 Å². The summed E-state index contributed by atoms with van der Waals surface area (Å²) in [6.07, 6.45) is 5.14. The van der Waals surface area contributed by atoms with Crippen LogP contribution in [0.25, 0.3) is 11.0 Å². The Balaban J connectivity index is 1.46. The molecule has 0 atom stereocenters. The first-order valence-corrected chi connectivity index (χ1v) is 9.32. The van der Waals surface area contributed by atoms with Crippen molar-refractivity contribution in [2.45, 2.75) is 27.2 Å². The van der Waals surface area contributed by atoms with Gasteiger partial charge >= 0.3 is 6.01 Å². The maximum absolute atomic E-state index is 12.6. The largest absolute Gasteiger partial charge is 0.464 e. The van der Waals surface area contributed by atoms with Crippen molar-refractivity contribution in [2.75, 3.05) is 5.32 Å². The van der Waals surface area contributed by atoms with Gasteiger partial charge in [-0.15, -0.1) is 0 Å². The molecule has 2 aromatic carbocycles. The molecular weight excluding hydrogens is 366 g/mol. The highest BCUT2D eigenvalue weighted by Crippen LogP contribution is 2.27. The number of fused-ring (bicyclic) bond motifs is 1. The zero-order chi connectivity index (χ0) is 20.4. The highest BCUT2D eigenvalue weighted by atomic mass is 16.5. The lowest BCUT2D eigenvalue weighted by Crippen LogP contribution is -2.15. The Morgan fingerprint density at radius 1 is 1.03 bits per heavy atom. The van der Waals surface area contributed by atoms with E-state index in [1.165, 1.54) is 11.1 Å². The first-order chi connectivity index (χ1) is 14.0. The van der Waals surface area contributed by atoms with Crippen LogP contribution in [0.5, 0.6) is 11.8 Å². The Morgan fingerprint density at radius 3 is 2.55 bits per heavy atom. The van der Waals surface area contributed by atoms with E-state index >= 15 is 0 Å². The van der Waals surface area contributed by atoms with Gasteiger partial charge < -0.3 is 14.5 Å². The molecule has 0 aliphatic rings. The Labute approximate surface area is 168 Å². The fourth-order valence-corrected chi connectivity index (χ4v) is 3.12. The molecular formula is C23H21N3O3. The second kappa shape index (κ2) is 7.75. The molecule has 1 N–H and O–H groups in total. The Hall–Kier alpha value is -3.67. The average molecular weight is 387 g/mol. The molecule has 2 heterocycles. The molecule has 4 rings (SSSR count). The van der Waals surface area contributed by atoms with Crippen molar-refractivity contribution < 1.29 is 13.9 Å². The molecule has 0 spiro atoms. The van der Waals surface area contributed by atoms with Gasteiger partial charge in [-0.1, -0.05) is 0 Å². The molecule has 6 nitrogen and oxygen atoms in total. The van der Waals surface area contributed by atoms with Crippen LogP contribution in [0.2, 0.25) is 0 Å². The molecule has 2 aromatic heterocycles. The number of ether oxygens (including phenoxy) is 1. The van der Waals surface area contributed by atoms with Gasteiger partial charge in [-0.05, 0) is 73.9 Å². The number of aromatic nitrogens is 2. The minimum absolute atomic E-state index is 0.103. The molecule has 0 saturated heterocycles. The summed E-state index contributed by atoms with van der Waals surface area (Å²) < 4.78 is 11.2. The number of anilines is 1. The van der Waals surface area contributed by atoms with Gasteiger partial charge in [-0.3, -0.25) is 4.79 Å². The molecule has 1 amide bonds. The van der Waals surface area contributed by atoms with Crippen molar-refractivity contribution in [3.8, 4) is 11.8 Å². The van der Waals surface area contributed by atoms with Gasteiger partial charge in [0.15, 0.2) is 0 Å². The van der Waals surface area contributed by atoms with Gasteiger partial charge in [0, 0.05) is 29.0 Å². The predicted octanol–water partition coefficient (Wildman–Crippen LogP) is 5.12. The number of furan rings is 1. The summed E-state index contributed by atoms with van der Waals surface area (Å²) in [6.45, 7) is 6.01. The maximum Gasteiger partial charge on any atom is 0.321 e. The lowest BCUT2D eigenvalue weighted by molar-refractivity contribution is -0.115. The number of carbonyl (C=O) groups is 1. The molecule has 0 radical (unpaired) electrons. The number of nitrogens with zero attached hydrogens (tertiary/aromatic N) is 2. The molecule has 29 heavy (non-hydrogen) atoms. The van der Waals surface area contributed by atoms with E-state index in [0.717, 1.165) is 27.8 Å². The van der Waals surface area contributed by atoms with Crippen LogP contribution in [0.4, 0.5) is 5.69 Å². The highest BCUT2D eigenvalue weighted by Gasteiger charge is 2.13.